The second-order valence-corrected chi connectivity index (χ2v) is 6.62. The summed E-state index contributed by atoms with van der Waals surface area (Å²) in [6, 6.07) is 0.518. The van der Waals surface area contributed by atoms with E-state index in [-0.39, 0.29) is 33.6 Å². The van der Waals surface area contributed by atoms with Gasteiger partial charge in [-0.1, -0.05) is 11.6 Å². The molecule has 10 heteroatoms. The van der Waals surface area contributed by atoms with Crippen LogP contribution in [0.15, 0.2) is 6.07 Å². The van der Waals surface area contributed by atoms with Gasteiger partial charge in [0.05, 0.1) is 9.90 Å². The minimum atomic E-state index is -1.25. The first kappa shape index (κ1) is 17.4. The number of thiophene rings is 1. The molecule has 1 aliphatic heterocycles. The van der Waals surface area contributed by atoms with Crippen molar-refractivity contribution in [3.05, 3.63) is 16.0 Å². The van der Waals surface area contributed by atoms with Crippen LogP contribution in [0.4, 0.5) is 5.00 Å². The Morgan fingerprint density at radius 1 is 1.48 bits per heavy atom. The van der Waals surface area contributed by atoms with Crippen molar-refractivity contribution in [3.8, 4) is 0 Å². The molecule has 0 aliphatic carbocycles. The normalized spacial score (nSPS) is 19.0. The quantitative estimate of drug-likeness (QED) is 0.574. The third-order valence-corrected chi connectivity index (χ3v) is 4.29. The molecule has 2 unspecified atom stereocenters. The molecule has 0 saturated carbocycles. The van der Waals surface area contributed by atoms with Gasteiger partial charge in [0.25, 0.3) is 11.8 Å². The zero-order chi connectivity index (χ0) is 17.1. The molecule has 8 nitrogen and oxygen atoms in total. The van der Waals surface area contributed by atoms with Gasteiger partial charge < -0.3 is 15.7 Å². The molecule has 124 valence electrons. The third-order valence-electron chi connectivity index (χ3n) is 3.11. The Morgan fingerprint density at radius 2 is 2.17 bits per heavy atom. The van der Waals surface area contributed by atoms with E-state index in [0.29, 0.717) is 0 Å². The van der Waals surface area contributed by atoms with Crippen LogP contribution in [0.1, 0.15) is 30.1 Å². The number of imide groups is 1. The Kier molecular flexibility index (Phi) is 5.34. The first-order chi connectivity index (χ1) is 10.8. The van der Waals surface area contributed by atoms with Crippen molar-refractivity contribution in [2.45, 2.75) is 31.9 Å². The fourth-order valence-corrected chi connectivity index (χ4v) is 3.03. The van der Waals surface area contributed by atoms with E-state index in [0.717, 1.165) is 11.3 Å². The minimum Gasteiger partial charge on any atom is -0.384 e. The number of amides is 4. The second-order valence-electron chi connectivity index (χ2n) is 4.94. The van der Waals surface area contributed by atoms with Crippen LogP contribution in [-0.2, 0) is 14.4 Å². The van der Waals surface area contributed by atoms with E-state index >= 15 is 0 Å². The van der Waals surface area contributed by atoms with E-state index in [1.54, 1.807) is 0 Å². The molecule has 23 heavy (non-hydrogen) atoms. The first-order valence-corrected chi connectivity index (χ1v) is 7.90. The molecule has 0 aromatic carbocycles. The summed E-state index contributed by atoms with van der Waals surface area (Å²) in [4.78, 5) is 46.6. The fourth-order valence-electron chi connectivity index (χ4n) is 1.91. The molecule has 0 spiro atoms. The number of rotatable bonds is 4. The summed E-state index contributed by atoms with van der Waals surface area (Å²) in [5.41, 5.74) is 0.0821. The molecule has 4 N–H and O–H groups in total. The molecule has 1 aliphatic rings. The third kappa shape index (κ3) is 4.27. The second kappa shape index (κ2) is 7.07. The molecule has 2 atom stereocenters. The Labute approximate surface area is 140 Å². The van der Waals surface area contributed by atoms with Gasteiger partial charge in [-0.15, -0.1) is 11.3 Å². The van der Waals surface area contributed by atoms with Crippen LogP contribution >= 0.6 is 22.9 Å². The van der Waals surface area contributed by atoms with Crippen molar-refractivity contribution < 1.29 is 24.3 Å². The molecule has 2 rings (SSSR count). The van der Waals surface area contributed by atoms with E-state index in [4.69, 9.17) is 11.6 Å². The van der Waals surface area contributed by atoms with Gasteiger partial charge in [0, 0.05) is 6.42 Å². The first-order valence-electron chi connectivity index (χ1n) is 6.70. The maximum atomic E-state index is 12.3. The summed E-state index contributed by atoms with van der Waals surface area (Å²) in [5, 5.41) is 16.4. The van der Waals surface area contributed by atoms with Crippen LogP contribution in [0.3, 0.4) is 0 Å². The predicted octanol–water partition coefficient (Wildman–Crippen LogP) is 0.256. The van der Waals surface area contributed by atoms with Crippen molar-refractivity contribution in [2.75, 3.05) is 5.32 Å². The van der Waals surface area contributed by atoms with Crippen molar-refractivity contribution in [2.24, 2.45) is 0 Å². The lowest BCUT2D eigenvalue weighted by Gasteiger charge is -2.21. The fraction of sp³-hybridized carbons (Fsp3) is 0.385. The molecule has 1 saturated heterocycles. The van der Waals surface area contributed by atoms with Crippen LogP contribution in [0, 0.1) is 0 Å². The molecule has 2 heterocycles. The highest BCUT2D eigenvalue weighted by atomic mass is 35.5. The number of piperidine rings is 1. The Morgan fingerprint density at radius 3 is 2.78 bits per heavy atom. The Balaban J connectivity index is 2.11. The van der Waals surface area contributed by atoms with Crippen LogP contribution in [-0.4, -0.2) is 40.9 Å². The van der Waals surface area contributed by atoms with Crippen molar-refractivity contribution in [1.29, 1.82) is 0 Å². The van der Waals surface area contributed by atoms with Gasteiger partial charge in [-0.05, 0) is 19.4 Å². The van der Waals surface area contributed by atoms with Gasteiger partial charge in [0.15, 0.2) is 0 Å². The number of carbonyl (C=O) groups is 4. The van der Waals surface area contributed by atoms with Crippen LogP contribution < -0.4 is 16.0 Å². The van der Waals surface area contributed by atoms with Gasteiger partial charge in [-0.2, -0.15) is 0 Å². The lowest BCUT2D eigenvalue weighted by atomic mass is 10.1. The molecule has 1 aromatic heterocycles. The maximum absolute atomic E-state index is 12.3. The van der Waals surface area contributed by atoms with Crippen LogP contribution in [0.25, 0.3) is 0 Å². The lowest BCUT2D eigenvalue weighted by Crippen LogP contribution is -2.52. The smallest absolute Gasteiger partial charge is 0.254 e. The average molecular weight is 360 g/mol. The monoisotopic (exact) mass is 359 g/mol. The Hall–Kier alpha value is -1.97. The number of aliphatic hydroxyl groups excluding tert-OH is 1. The summed E-state index contributed by atoms with van der Waals surface area (Å²) in [7, 11) is 0. The summed E-state index contributed by atoms with van der Waals surface area (Å²) in [6.07, 6.45) is -0.919. The highest BCUT2D eigenvalue weighted by Gasteiger charge is 2.29. The van der Waals surface area contributed by atoms with Crippen LogP contribution in [0.5, 0.6) is 0 Å². The topological polar surface area (TPSA) is 125 Å². The number of aliphatic hydroxyl groups is 1. The molecule has 1 aromatic rings. The van der Waals surface area contributed by atoms with Gasteiger partial charge >= 0.3 is 0 Å². The molecule has 0 radical (unpaired) electrons. The number of hydrogen-bond donors (Lipinski definition) is 4. The van der Waals surface area contributed by atoms with Crippen molar-refractivity contribution >= 4 is 51.6 Å². The molecule has 4 amide bonds. The zero-order valence-corrected chi connectivity index (χ0v) is 13.6. The molecular weight excluding hydrogens is 346 g/mol. The summed E-state index contributed by atoms with van der Waals surface area (Å²) in [5.74, 6) is -2.25. The summed E-state index contributed by atoms with van der Waals surface area (Å²) < 4.78 is 0.263. The maximum Gasteiger partial charge on any atom is 0.254 e. The largest absolute Gasteiger partial charge is 0.384 e. The SMILES string of the molecule is CC(O)C(=O)Nc1sc(Cl)cc1C(=O)NC1CCC(=O)NC1=O. The van der Waals surface area contributed by atoms with E-state index in [1.807, 2.05) is 0 Å². The van der Waals surface area contributed by atoms with E-state index < -0.39 is 29.9 Å². The van der Waals surface area contributed by atoms with Crippen LogP contribution in [0.2, 0.25) is 4.34 Å². The van der Waals surface area contributed by atoms with Gasteiger partial charge in [-0.25, -0.2) is 0 Å². The number of halogens is 1. The molecule has 0 bridgehead atoms. The molecule has 1 fully saturated rings. The summed E-state index contributed by atoms with van der Waals surface area (Å²) in [6.45, 7) is 1.29. The van der Waals surface area contributed by atoms with E-state index in [1.165, 1.54) is 13.0 Å². The van der Waals surface area contributed by atoms with Crippen molar-refractivity contribution in [3.63, 3.8) is 0 Å². The minimum absolute atomic E-state index is 0.0821. The number of nitrogens with one attached hydrogen (secondary N) is 3. The van der Waals surface area contributed by atoms with Crippen molar-refractivity contribution in [1.82, 2.24) is 10.6 Å². The zero-order valence-electron chi connectivity index (χ0n) is 12.0. The standard InChI is InChI=1S/C13H14ClN3O5S/c1-5(18)10(20)17-13-6(4-8(14)23-13)11(21)15-7-2-3-9(19)16-12(7)22/h4-5,7,18H,2-3H2,1H3,(H,15,21)(H,17,20)(H,16,19,22). The number of carbonyl (C=O) groups excluding carboxylic acids is 4. The lowest BCUT2D eigenvalue weighted by molar-refractivity contribution is -0.134. The van der Waals surface area contributed by atoms with E-state index in [9.17, 15) is 24.3 Å². The van der Waals surface area contributed by atoms with Gasteiger partial charge in [0.2, 0.25) is 11.8 Å². The highest BCUT2D eigenvalue weighted by Crippen LogP contribution is 2.32. The van der Waals surface area contributed by atoms with E-state index in [2.05, 4.69) is 16.0 Å². The average Bonchev–Trinajstić information content (AvgIpc) is 2.82. The van der Waals surface area contributed by atoms with Gasteiger partial charge in [-0.3, -0.25) is 24.5 Å². The number of anilines is 1. The highest BCUT2D eigenvalue weighted by molar-refractivity contribution is 7.20. The Bertz CT molecular complexity index is 673. The molecular formula is C13H14ClN3O5S. The predicted molar refractivity (Wildman–Crippen MR) is 83.3 cm³/mol. The number of hydrogen-bond acceptors (Lipinski definition) is 6. The summed E-state index contributed by atoms with van der Waals surface area (Å²) >= 11 is 6.82. The van der Waals surface area contributed by atoms with Gasteiger partial charge in [0.1, 0.15) is 17.1 Å².